The number of carbonyl (C=O) groups is 2. The molecule has 1 aliphatic carbocycles. The van der Waals surface area contributed by atoms with Crippen LogP contribution in [0.25, 0.3) is 10.8 Å². The summed E-state index contributed by atoms with van der Waals surface area (Å²) in [4.78, 5) is 24.7. The highest BCUT2D eigenvalue weighted by Gasteiger charge is 2.22. The predicted molar refractivity (Wildman–Crippen MR) is 118 cm³/mol. The molecule has 0 saturated heterocycles. The third-order valence-electron chi connectivity index (χ3n) is 5.00. The van der Waals surface area contributed by atoms with Crippen LogP contribution in [0.4, 0.5) is 10.8 Å². The summed E-state index contributed by atoms with van der Waals surface area (Å²) in [5, 5.41) is 16.5. The van der Waals surface area contributed by atoms with Gasteiger partial charge in [0.05, 0.1) is 5.75 Å². The first-order valence-corrected chi connectivity index (χ1v) is 11.5. The molecule has 1 aliphatic rings. The van der Waals surface area contributed by atoms with E-state index < -0.39 is 0 Å². The number of aromatic nitrogens is 2. The van der Waals surface area contributed by atoms with Gasteiger partial charge in [0, 0.05) is 17.0 Å². The molecule has 8 heteroatoms. The topological polar surface area (TPSA) is 84.0 Å². The lowest BCUT2D eigenvalue weighted by atomic mass is 9.89. The Kier molecular flexibility index (Phi) is 6.41. The number of fused-ring (bicyclic) bond motifs is 1. The minimum Gasteiger partial charge on any atom is -0.325 e. The summed E-state index contributed by atoms with van der Waals surface area (Å²) in [6.07, 6.45) is 5.33. The van der Waals surface area contributed by atoms with Gasteiger partial charge in [0.25, 0.3) is 0 Å². The van der Waals surface area contributed by atoms with E-state index in [-0.39, 0.29) is 23.5 Å². The van der Waals surface area contributed by atoms with Gasteiger partial charge in [0.15, 0.2) is 4.34 Å². The third-order valence-corrected chi connectivity index (χ3v) is 6.98. The van der Waals surface area contributed by atoms with Crippen LogP contribution in [0.1, 0.15) is 32.1 Å². The van der Waals surface area contributed by atoms with E-state index in [1.165, 1.54) is 29.5 Å². The lowest BCUT2D eigenvalue weighted by Crippen LogP contribution is -2.24. The average Bonchev–Trinajstić information content (AvgIpc) is 3.20. The summed E-state index contributed by atoms with van der Waals surface area (Å²) in [6, 6.07) is 13.8. The second-order valence-electron chi connectivity index (χ2n) is 7.06. The van der Waals surface area contributed by atoms with Gasteiger partial charge in [-0.2, -0.15) is 0 Å². The predicted octanol–water partition coefficient (Wildman–Crippen LogP) is 4.94. The molecule has 2 N–H and O–H groups in total. The average molecular weight is 427 g/mol. The smallest absolute Gasteiger partial charge is 0.234 e. The number of thioether (sulfide) groups is 1. The molecule has 0 radical (unpaired) electrons. The molecule has 6 nitrogen and oxygen atoms in total. The van der Waals surface area contributed by atoms with Gasteiger partial charge < -0.3 is 10.6 Å². The maximum Gasteiger partial charge on any atom is 0.234 e. The number of nitrogens with one attached hydrogen (secondary N) is 2. The molecule has 1 aromatic heterocycles. The molecule has 150 valence electrons. The molecule has 0 aliphatic heterocycles. The van der Waals surface area contributed by atoms with Crippen molar-refractivity contribution in [1.82, 2.24) is 10.2 Å². The number of amides is 2. The third kappa shape index (κ3) is 5.13. The van der Waals surface area contributed by atoms with Gasteiger partial charge in [0.2, 0.25) is 16.9 Å². The highest BCUT2D eigenvalue weighted by Crippen LogP contribution is 2.29. The molecular formula is C21H22N4O2S2. The molecule has 1 fully saturated rings. The normalized spacial score (nSPS) is 14.6. The second kappa shape index (κ2) is 9.37. The van der Waals surface area contributed by atoms with E-state index in [0.29, 0.717) is 9.47 Å². The lowest BCUT2D eigenvalue weighted by molar-refractivity contribution is -0.120. The first-order chi connectivity index (χ1) is 14.2. The monoisotopic (exact) mass is 426 g/mol. The summed E-state index contributed by atoms with van der Waals surface area (Å²) >= 11 is 2.62. The van der Waals surface area contributed by atoms with E-state index in [0.717, 1.165) is 42.1 Å². The maximum absolute atomic E-state index is 12.4. The van der Waals surface area contributed by atoms with Crippen molar-refractivity contribution in [3.63, 3.8) is 0 Å². The van der Waals surface area contributed by atoms with Crippen LogP contribution in [0, 0.1) is 5.92 Å². The first kappa shape index (κ1) is 19.8. The standard InChI is InChI=1S/C21H22N4O2S2/c26-18(22-17-12-6-10-14-7-4-5-11-16(14)17)13-28-21-25-24-20(29-21)23-19(27)15-8-2-1-3-9-15/h4-7,10-12,15H,1-3,8-9,13H2,(H,22,26)(H,23,24,27). The fraction of sp³-hybridized carbons (Fsp3) is 0.333. The number of carbonyl (C=O) groups excluding carboxylic acids is 2. The Balaban J connectivity index is 1.30. The van der Waals surface area contributed by atoms with Crippen molar-refractivity contribution in [3.05, 3.63) is 42.5 Å². The number of anilines is 2. The van der Waals surface area contributed by atoms with Crippen molar-refractivity contribution in [1.29, 1.82) is 0 Å². The maximum atomic E-state index is 12.4. The highest BCUT2D eigenvalue weighted by atomic mass is 32.2. The zero-order chi connectivity index (χ0) is 20.1. The van der Waals surface area contributed by atoms with E-state index >= 15 is 0 Å². The summed E-state index contributed by atoms with van der Waals surface area (Å²) in [5.41, 5.74) is 0.798. The molecule has 3 aromatic rings. The van der Waals surface area contributed by atoms with Crippen LogP contribution in [-0.2, 0) is 9.59 Å². The van der Waals surface area contributed by atoms with Gasteiger partial charge in [-0.3, -0.25) is 9.59 Å². The highest BCUT2D eigenvalue weighted by molar-refractivity contribution is 8.01. The van der Waals surface area contributed by atoms with Crippen molar-refractivity contribution < 1.29 is 9.59 Å². The summed E-state index contributed by atoms with van der Waals surface area (Å²) in [6.45, 7) is 0. The van der Waals surface area contributed by atoms with Crippen LogP contribution in [-0.4, -0.2) is 27.8 Å². The van der Waals surface area contributed by atoms with Crippen molar-refractivity contribution in [2.24, 2.45) is 5.92 Å². The second-order valence-corrected chi connectivity index (χ2v) is 9.26. The Bertz CT molecular complexity index is 1010. The Morgan fingerprint density at radius 1 is 1.00 bits per heavy atom. The SMILES string of the molecule is O=C(CSc1nnc(NC(=O)C2CCCCC2)s1)Nc1cccc2ccccc12. The largest absolute Gasteiger partial charge is 0.325 e. The van der Waals surface area contributed by atoms with Gasteiger partial charge in [0.1, 0.15) is 0 Å². The molecule has 0 spiro atoms. The molecule has 0 atom stereocenters. The van der Waals surface area contributed by atoms with E-state index in [1.54, 1.807) is 0 Å². The minimum absolute atomic E-state index is 0.0334. The molecule has 0 bridgehead atoms. The Morgan fingerprint density at radius 3 is 2.66 bits per heavy atom. The van der Waals surface area contributed by atoms with E-state index in [4.69, 9.17) is 0 Å². The van der Waals surface area contributed by atoms with Crippen molar-refractivity contribution in [2.45, 2.75) is 36.4 Å². The van der Waals surface area contributed by atoms with Crippen molar-refractivity contribution in [2.75, 3.05) is 16.4 Å². The molecule has 2 aromatic carbocycles. The van der Waals surface area contributed by atoms with E-state index in [9.17, 15) is 9.59 Å². The fourth-order valence-corrected chi connectivity index (χ4v) is 5.09. The Hall–Kier alpha value is -2.45. The number of hydrogen-bond acceptors (Lipinski definition) is 6. The molecule has 0 unspecified atom stereocenters. The number of hydrogen-bond donors (Lipinski definition) is 2. The summed E-state index contributed by atoms with van der Waals surface area (Å²) in [5.74, 6) is 0.240. The quantitative estimate of drug-likeness (QED) is 0.431. The molecule has 2 amide bonds. The molecule has 1 saturated carbocycles. The van der Waals surface area contributed by atoms with E-state index in [1.807, 2.05) is 42.5 Å². The van der Waals surface area contributed by atoms with Crippen molar-refractivity contribution >= 4 is 56.5 Å². The number of rotatable bonds is 6. The van der Waals surface area contributed by atoms with Crippen LogP contribution >= 0.6 is 23.1 Å². The van der Waals surface area contributed by atoms with Crippen LogP contribution in [0.3, 0.4) is 0 Å². The van der Waals surface area contributed by atoms with Crippen LogP contribution < -0.4 is 10.6 Å². The van der Waals surface area contributed by atoms with Gasteiger partial charge in [-0.1, -0.05) is 78.8 Å². The zero-order valence-corrected chi connectivity index (χ0v) is 17.5. The Labute approximate surface area is 177 Å². The molecule has 4 rings (SSSR count). The molecule has 29 heavy (non-hydrogen) atoms. The van der Waals surface area contributed by atoms with E-state index in [2.05, 4.69) is 20.8 Å². The van der Waals surface area contributed by atoms with Gasteiger partial charge in [-0.05, 0) is 24.3 Å². The Morgan fingerprint density at radius 2 is 1.79 bits per heavy atom. The fourth-order valence-electron chi connectivity index (χ4n) is 3.54. The first-order valence-electron chi connectivity index (χ1n) is 9.74. The van der Waals surface area contributed by atoms with Crippen LogP contribution in [0.15, 0.2) is 46.8 Å². The number of nitrogens with zero attached hydrogens (tertiary/aromatic N) is 2. The zero-order valence-electron chi connectivity index (χ0n) is 15.9. The van der Waals surface area contributed by atoms with Gasteiger partial charge in [-0.25, -0.2) is 0 Å². The van der Waals surface area contributed by atoms with Gasteiger partial charge >= 0.3 is 0 Å². The molecule has 1 heterocycles. The van der Waals surface area contributed by atoms with Crippen LogP contribution in [0.2, 0.25) is 0 Å². The van der Waals surface area contributed by atoms with Crippen LogP contribution in [0.5, 0.6) is 0 Å². The minimum atomic E-state index is -0.102. The lowest BCUT2D eigenvalue weighted by Gasteiger charge is -2.19. The molecular weight excluding hydrogens is 404 g/mol. The summed E-state index contributed by atoms with van der Waals surface area (Å²) < 4.78 is 0.664. The van der Waals surface area contributed by atoms with Crippen molar-refractivity contribution in [3.8, 4) is 0 Å². The summed E-state index contributed by atoms with van der Waals surface area (Å²) in [7, 11) is 0. The van der Waals surface area contributed by atoms with Gasteiger partial charge in [-0.15, -0.1) is 10.2 Å². The number of benzene rings is 2.